The van der Waals surface area contributed by atoms with Crippen molar-refractivity contribution in [2.75, 3.05) is 0 Å². The first kappa shape index (κ1) is 17.1. The average Bonchev–Trinajstić information content (AvgIpc) is 1.00. The van der Waals surface area contributed by atoms with Crippen LogP contribution in [0.3, 0.4) is 0 Å². The van der Waals surface area contributed by atoms with Gasteiger partial charge in [-0.2, -0.15) is 9.90 Å². The van der Waals surface area contributed by atoms with Crippen LogP contribution in [-0.2, 0) is 0 Å². The Bertz CT molecular complexity index is 8.00. The number of rotatable bonds is 0. The third-order valence-corrected chi connectivity index (χ3v) is 0. The molecular weight excluding hydrogens is 143 g/mol. The van der Waals surface area contributed by atoms with Gasteiger partial charge in [0.25, 0.3) is 0 Å². The summed E-state index contributed by atoms with van der Waals surface area (Å²) in [6.45, 7) is 0. The van der Waals surface area contributed by atoms with Crippen LogP contribution in [0.15, 0.2) is 0 Å². The molecule has 0 saturated heterocycles. The van der Waals surface area contributed by atoms with Crippen LogP contribution in [0.4, 0.5) is 0 Å². The van der Waals surface area contributed by atoms with Gasteiger partial charge < -0.3 is 0 Å². The monoisotopic (exact) mass is 150 g/mol. The SMILES string of the molecule is P.[LiH].[S]=[GeH2]. The normalized spacial score (nSPS) is 1.00. The molecule has 4 heavy (non-hydrogen) atoms. The molecule has 4 heteroatoms. The van der Waals surface area contributed by atoms with E-state index in [2.05, 4.69) is 10.5 Å². The first-order valence-corrected chi connectivity index (χ1v) is 4.50. The van der Waals surface area contributed by atoms with Crippen molar-refractivity contribution >= 4 is 54.1 Å². The maximum atomic E-state index is 4.21. The molecule has 1 atom stereocenters. The fourth-order valence-electron chi connectivity index (χ4n) is 0. The molecule has 0 spiro atoms. The summed E-state index contributed by atoms with van der Waals surface area (Å²) in [6.07, 6.45) is 0. The van der Waals surface area contributed by atoms with Crippen LogP contribution in [0.1, 0.15) is 0 Å². The first-order valence-electron chi connectivity index (χ1n) is 0.289. The summed E-state index contributed by atoms with van der Waals surface area (Å²) in [7, 11) is 4.21. The van der Waals surface area contributed by atoms with Crippen LogP contribution in [-0.4, -0.2) is 33.7 Å². The molecule has 0 amide bonds. The van der Waals surface area contributed by atoms with Gasteiger partial charge >= 0.3 is 44.2 Å². The van der Waals surface area contributed by atoms with Crippen molar-refractivity contribution in [1.82, 2.24) is 0 Å². The van der Waals surface area contributed by atoms with Crippen LogP contribution >= 0.6 is 20.4 Å². The maximum absolute atomic E-state index is 4.21. The van der Waals surface area contributed by atoms with Gasteiger partial charge in [0.15, 0.2) is 0 Å². The molecule has 0 nitrogen and oxygen atoms in total. The summed E-state index contributed by atoms with van der Waals surface area (Å²) in [5.74, 6) is 0. The molecule has 0 radical (unpaired) electrons. The third kappa shape index (κ3) is 9.21. The Morgan fingerprint density at radius 2 is 1.25 bits per heavy atom. The van der Waals surface area contributed by atoms with E-state index in [-0.39, 0.29) is 28.8 Å². The van der Waals surface area contributed by atoms with Crippen molar-refractivity contribution in [2.45, 2.75) is 0 Å². The second-order valence-corrected chi connectivity index (χ2v) is 0. The van der Waals surface area contributed by atoms with Crippen molar-refractivity contribution in [3.05, 3.63) is 0 Å². The summed E-state index contributed by atoms with van der Waals surface area (Å²) in [5, 5.41) is 0. The Balaban J connectivity index is -0.00000000500. The number of hydrogen-bond acceptors (Lipinski definition) is 1. The zero-order valence-corrected chi connectivity index (χ0v) is 7.02. The molecule has 1 unspecified atom stereocenters. The molecule has 0 aromatic heterocycles. The molecule has 0 N–H and O–H groups in total. The zero-order chi connectivity index (χ0) is 2.00. The van der Waals surface area contributed by atoms with Gasteiger partial charge in [0.1, 0.15) is 0 Å². The van der Waals surface area contributed by atoms with Gasteiger partial charge in [0, 0.05) is 0 Å². The zero-order valence-electron chi connectivity index (χ0n) is 1.82. The molecule has 0 fully saturated rings. The average molecular weight is 149 g/mol. The summed E-state index contributed by atoms with van der Waals surface area (Å²) in [6, 6.07) is 0. The summed E-state index contributed by atoms with van der Waals surface area (Å²) < 4.78 is 0. The summed E-state index contributed by atoms with van der Waals surface area (Å²) in [4.78, 5) is 0. The minimum atomic E-state index is 0. The van der Waals surface area contributed by atoms with Gasteiger partial charge in [-0.3, -0.25) is 0 Å². The quantitative estimate of drug-likeness (QED) is 0.318. The Kier molecular flexibility index (Phi) is 91.6. The molecule has 0 bridgehead atoms. The van der Waals surface area contributed by atoms with Crippen LogP contribution in [0.25, 0.3) is 0 Å². The standard InChI is InChI=1S/GeH2S.Li.H3P.H/c1-2;;;/h1H2;;1H3;. The molecule has 0 aromatic rings. The van der Waals surface area contributed by atoms with Gasteiger partial charge in [-0.1, -0.05) is 0 Å². The molecule has 0 saturated carbocycles. The van der Waals surface area contributed by atoms with E-state index in [0.717, 1.165) is 14.9 Å². The second-order valence-electron chi connectivity index (χ2n) is 0. The minimum absolute atomic E-state index is 0. The molecule has 0 heterocycles. The molecule has 22 valence electrons. The van der Waals surface area contributed by atoms with E-state index in [1.54, 1.807) is 0 Å². The van der Waals surface area contributed by atoms with E-state index in [9.17, 15) is 0 Å². The topological polar surface area (TPSA) is 0 Å². The predicted octanol–water partition coefficient (Wildman–Crippen LogP) is -0.858. The Hall–Kier alpha value is 1.79. The third-order valence-electron chi connectivity index (χ3n) is 0. The van der Waals surface area contributed by atoms with Gasteiger partial charge in [-0.15, -0.1) is 0 Å². The summed E-state index contributed by atoms with van der Waals surface area (Å²) in [5.41, 5.74) is 0. The van der Waals surface area contributed by atoms with E-state index < -0.39 is 0 Å². The van der Waals surface area contributed by atoms with Crippen molar-refractivity contribution in [2.24, 2.45) is 0 Å². The van der Waals surface area contributed by atoms with Crippen LogP contribution in [0.5, 0.6) is 0 Å². The van der Waals surface area contributed by atoms with Crippen LogP contribution in [0.2, 0.25) is 0 Å². The van der Waals surface area contributed by atoms with Crippen molar-refractivity contribution < 1.29 is 0 Å². The molecule has 0 aliphatic carbocycles. The Morgan fingerprint density at radius 1 is 1.25 bits per heavy atom. The van der Waals surface area contributed by atoms with Crippen LogP contribution in [0, 0.1) is 0 Å². The van der Waals surface area contributed by atoms with Gasteiger partial charge in [-0.05, 0) is 0 Å². The van der Waals surface area contributed by atoms with Gasteiger partial charge in [-0.25, -0.2) is 0 Å². The molecule has 0 aliphatic heterocycles. The Labute approximate surface area is 53.9 Å². The van der Waals surface area contributed by atoms with Crippen molar-refractivity contribution in [3.63, 3.8) is 0 Å². The fraction of sp³-hybridized carbons (Fsp3) is 0. The molecular formula is H6GeLiPS. The molecule has 0 aromatic carbocycles. The van der Waals surface area contributed by atoms with Crippen molar-refractivity contribution in [3.8, 4) is 0 Å². The van der Waals surface area contributed by atoms with Crippen molar-refractivity contribution in [1.29, 1.82) is 0 Å². The predicted molar refractivity (Wildman–Crippen MR) is 34.4 cm³/mol. The summed E-state index contributed by atoms with van der Waals surface area (Å²) >= 11 is 0.958. The van der Waals surface area contributed by atoms with E-state index in [0.29, 0.717) is 0 Å². The van der Waals surface area contributed by atoms with E-state index in [4.69, 9.17) is 0 Å². The van der Waals surface area contributed by atoms with E-state index in [1.165, 1.54) is 0 Å². The first-order chi connectivity index (χ1) is 1.00. The fourth-order valence-corrected chi connectivity index (χ4v) is 0. The van der Waals surface area contributed by atoms with E-state index in [1.807, 2.05) is 0 Å². The number of hydrogen-bond donors (Lipinski definition) is 0. The second kappa shape index (κ2) is 21.5. The van der Waals surface area contributed by atoms with E-state index >= 15 is 0 Å². The Morgan fingerprint density at radius 3 is 1.25 bits per heavy atom. The van der Waals surface area contributed by atoms with Gasteiger partial charge in [0.05, 0.1) is 0 Å². The molecule has 0 rings (SSSR count). The van der Waals surface area contributed by atoms with Gasteiger partial charge in [0.2, 0.25) is 0 Å². The van der Waals surface area contributed by atoms with Crippen LogP contribution < -0.4 is 0 Å². The molecule has 0 aliphatic rings.